The molecule has 1 aromatic carbocycles. The van der Waals surface area contributed by atoms with Gasteiger partial charge in [-0.2, -0.15) is 11.8 Å². The lowest BCUT2D eigenvalue weighted by atomic mass is 10.1. The molecule has 0 aliphatic rings. The number of aliphatic imine (C=N–C) groups is 1. The van der Waals surface area contributed by atoms with Gasteiger partial charge in [-0.15, -0.1) is 0 Å². The molecule has 0 fully saturated rings. The van der Waals surface area contributed by atoms with Crippen molar-refractivity contribution in [3.63, 3.8) is 0 Å². The molecule has 1 aromatic rings. The number of guanidine groups is 1. The lowest BCUT2D eigenvalue weighted by Crippen LogP contribution is -2.39. The van der Waals surface area contributed by atoms with Crippen LogP contribution in [0.15, 0.2) is 23.2 Å². The van der Waals surface area contributed by atoms with Crippen molar-refractivity contribution in [2.24, 2.45) is 4.99 Å². The number of rotatable bonds is 6. The predicted octanol–water partition coefficient (Wildman–Crippen LogP) is 3.06. The van der Waals surface area contributed by atoms with Gasteiger partial charge >= 0.3 is 0 Å². The lowest BCUT2D eigenvalue weighted by Gasteiger charge is -2.11. The van der Waals surface area contributed by atoms with Gasteiger partial charge < -0.3 is 10.6 Å². The highest BCUT2D eigenvalue weighted by Crippen LogP contribution is 2.19. The molecule has 0 bridgehead atoms. The summed E-state index contributed by atoms with van der Waals surface area (Å²) in [6.45, 7) is 1.69. The Morgan fingerprint density at radius 3 is 2.37 bits per heavy atom. The first-order chi connectivity index (χ1) is 9.15. The zero-order valence-electron chi connectivity index (χ0n) is 11.2. The Labute approximate surface area is 129 Å². The topological polar surface area (TPSA) is 36.4 Å². The second-order valence-corrected chi connectivity index (χ2v) is 5.80. The summed E-state index contributed by atoms with van der Waals surface area (Å²) in [6, 6.07) is 5.60. The van der Waals surface area contributed by atoms with Gasteiger partial charge in [0.25, 0.3) is 0 Å². The quantitative estimate of drug-likeness (QED) is 0.480. The molecule has 0 amide bonds. The summed E-state index contributed by atoms with van der Waals surface area (Å²) in [7, 11) is 1.77. The minimum Gasteiger partial charge on any atom is -0.356 e. The SMILES string of the molecule is CN=C(NCCSC)NCCc1cc(Cl)cc(Cl)c1. The Kier molecular flexibility index (Phi) is 8.10. The van der Waals surface area contributed by atoms with Crippen LogP contribution in [0.5, 0.6) is 0 Å². The number of hydrogen-bond donors (Lipinski definition) is 2. The summed E-state index contributed by atoms with van der Waals surface area (Å²) in [4.78, 5) is 4.16. The van der Waals surface area contributed by atoms with Crippen LogP contribution in [0.2, 0.25) is 10.0 Å². The molecule has 0 atom stereocenters. The van der Waals surface area contributed by atoms with Gasteiger partial charge in [0.2, 0.25) is 0 Å². The summed E-state index contributed by atoms with van der Waals surface area (Å²) in [5.41, 5.74) is 1.12. The minimum atomic E-state index is 0.671. The highest BCUT2D eigenvalue weighted by Gasteiger charge is 2.00. The fourth-order valence-electron chi connectivity index (χ4n) is 1.57. The van der Waals surface area contributed by atoms with Crippen LogP contribution < -0.4 is 10.6 Å². The monoisotopic (exact) mass is 319 g/mol. The second-order valence-electron chi connectivity index (χ2n) is 3.95. The molecule has 19 heavy (non-hydrogen) atoms. The number of nitrogens with zero attached hydrogens (tertiary/aromatic N) is 1. The molecule has 0 aromatic heterocycles. The van der Waals surface area contributed by atoms with E-state index in [1.807, 2.05) is 12.1 Å². The Balaban J connectivity index is 2.35. The normalized spacial score (nSPS) is 11.5. The molecule has 3 nitrogen and oxygen atoms in total. The van der Waals surface area contributed by atoms with E-state index >= 15 is 0 Å². The van der Waals surface area contributed by atoms with E-state index in [2.05, 4.69) is 21.9 Å². The molecule has 0 heterocycles. The fourth-order valence-corrected chi connectivity index (χ4v) is 2.45. The van der Waals surface area contributed by atoms with Crippen molar-refractivity contribution in [2.45, 2.75) is 6.42 Å². The molecule has 0 radical (unpaired) electrons. The first-order valence-electron chi connectivity index (χ1n) is 6.04. The maximum Gasteiger partial charge on any atom is 0.191 e. The maximum atomic E-state index is 5.96. The van der Waals surface area contributed by atoms with Gasteiger partial charge in [0, 0.05) is 35.9 Å². The van der Waals surface area contributed by atoms with Crippen molar-refractivity contribution in [3.8, 4) is 0 Å². The highest BCUT2D eigenvalue weighted by atomic mass is 35.5. The van der Waals surface area contributed by atoms with Crippen LogP contribution in [0.3, 0.4) is 0 Å². The van der Waals surface area contributed by atoms with Crippen LogP contribution in [0, 0.1) is 0 Å². The molecule has 1 rings (SSSR count). The molecular weight excluding hydrogens is 301 g/mol. The van der Waals surface area contributed by atoms with E-state index in [1.54, 1.807) is 24.9 Å². The van der Waals surface area contributed by atoms with E-state index in [0.29, 0.717) is 10.0 Å². The molecule has 0 aliphatic heterocycles. The number of halogens is 2. The number of nitrogens with one attached hydrogen (secondary N) is 2. The molecule has 0 aliphatic carbocycles. The van der Waals surface area contributed by atoms with Gasteiger partial charge in [0.05, 0.1) is 0 Å². The van der Waals surface area contributed by atoms with Crippen molar-refractivity contribution in [1.29, 1.82) is 0 Å². The van der Waals surface area contributed by atoms with E-state index in [1.165, 1.54) is 0 Å². The van der Waals surface area contributed by atoms with Crippen molar-refractivity contribution in [2.75, 3.05) is 32.1 Å². The molecule has 6 heteroatoms. The van der Waals surface area contributed by atoms with Gasteiger partial charge in [-0.05, 0) is 36.4 Å². The van der Waals surface area contributed by atoms with Crippen LogP contribution in [-0.4, -0.2) is 38.1 Å². The van der Waals surface area contributed by atoms with Crippen LogP contribution in [0.4, 0.5) is 0 Å². The van der Waals surface area contributed by atoms with Crippen molar-refractivity contribution in [1.82, 2.24) is 10.6 Å². The van der Waals surface area contributed by atoms with Crippen molar-refractivity contribution in [3.05, 3.63) is 33.8 Å². The molecule has 0 spiro atoms. The lowest BCUT2D eigenvalue weighted by molar-refractivity contribution is 0.812. The maximum absolute atomic E-state index is 5.96. The van der Waals surface area contributed by atoms with Gasteiger partial charge in [-0.1, -0.05) is 23.2 Å². The molecular formula is C13H19Cl2N3S. The highest BCUT2D eigenvalue weighted by molar-refractivity contribution is 7.98. The summed E-state index contributed by atoms with van der Waals surface area (Å²) in [5.74, 6) is 1.88. The van der Waals surface area contributed by atoms with Gasteiger partial charge in [0.1, 0.15) is 0 Å². The standard InChI is InChI=1S/C13H19Cl2N3S/c1-16-13(18-5-6-19-2)17-4-3-10-7-11(14)9-12(15)8-10/h7-9H,3-6H2,1-2H3,(H2,16,17,18). The third kappa shape index (κ3) is 6.95. The van der Waals surface area contributed by atoms with Crippen LogP contribution in [0.25, 0.3) is 0 Å². The second kappa shape index (κ2) is 9.34. The smallest absolute Gasteiger partial charge is 0.191 e. The van der Waals surface area contributed by atoms with E-state index in [9.17, 15) is 0 Å². The van der Waals surface area contributed by atoms with Gasteiger partial charge in [-0.25, -0.2) is 0 Å². The molecule has 0 saturated heterocycles. The van der Waals surface area contributed by atoms with Crippen LogP contribution >= 0.6 is 35.0 Å². The number of benzene rings is 1. The largest absolute Gasteiger partial charge is 0.356 e. The summed E-state index contributed by atoms with van der Waals surface area (Å²) in [6.07, 6.45) is 2.93. The summed E-state index contributed by atoms with van der Waals surface area (Å²) in [5, 5.41) is 7.85. The molecule has 0 unspecified atom stereocenters. The predicted molar refractivity (Wildman–Crippen MR) is 87.9 cm³/mol. The molecule has 106 valence electrons. The zero-order valence-corrected chi connectivity index (χ0v) is 13.5. The molecule has 0 saturated carbocycles. The summed E-state index contributed by atoms with van der Waals surface area (Å²) >= 11 is 13.7. The zero-order chi connectivity index (χ0) is 14.1. The Morgan fingerprint density at radius 1 is 1.16 bits per heavy atom. The first kappa shape index (κ1) is 16.5. The van der Waals surface area contributed by atoms with E-state index in [-0.39, 0.29) is 0 Å². The average molecular weight is 320 g/mol. The van der Waals surface area contributed by atoms with E-state index in [4.69, 9.17) is 23.2 Å². The Bertz CT molecular complexity index is 404. The Morgan fingerprint density at radius 2 is 1.79 bits per heavy atom. The van der Waals surface area contributed by atoms with E-state index in [0.717, 1.165) is 36.8 Å². The molecule has 2 N–H and O–H groups in total. The minimum absolute atomic E-state index is 0.671. The van der Waals surface area contributed by atoms with Crippen LogP contribution in [-0.2, 0) is 6.42 Å². The van der Waals surface area contributed by atoms with Crippen molar-refractivity contribution >= 4 is 40.9 Å². The average Bonchev–Trinajstić information content (AvgIpc) is 2.36. The fraction of sp³-hybridized carbons (Fsp3) is 0.462. The van der Waals surface area contributed by atoms with Gasteiger partial charge in [0.15, 0.2) is 5.96 Å². The third-order valence-corrected chi connectivity index (χ3v) is 3.50. The number of hydrogen-bond acceptors (Lipinski definition) is 2. The van der Waals surface area contributed by atoms with Crippen LogP contribution in [0.1, 0.15) is 5.56 Å². The first-order valence-corrected chi connectivity index (χ1v) is 8.19. The van der Waals surface area contributed by atoms with E-state index < -0.39 is 0 Å². The third-order valence-electron chi connectivity index (χ3n) is 2.45. The Hall–Kier alpha value is -0.580. The summed E-state index contributed by atoms with van der Waals surface area (Å²) < 4.78 is 0. The van der Waals surface area contributed by atoms with Crippen molar-refractivity contribution < 1.29 is 0 Å². The van der Waals surface area contributed by atoms with Gasteiger partial charge in [-0.3, -0.25) is 4.99 Å². The number of thioether (sulfide) groups is 1.